The van der Waals surface area contributed by atoms with E-state index in [1.807, 2.05) is 115 Å². The van der Waals surface area contributed by atoms with Gasteiger partial charge in [0, 0.05) is 102 Å². The number of hydrogen-bond donors (Lipinski definition) is 8. The number of hydrogen-bond acceptors (Lipinski definition) is 19. The Morgan fingerprint density at radius 1 is 0.600 bits per heavy atom. The summed E-state index contributed by atoms with van der Waals surface area (Å²) in [5.41, 5.74) is 9.33. The number of amides is 4. The fourth-order valence-corrected chi connectivity index (χ4v) is 12.7. The minimum Gasteiger partial charge on any atom is -0.399 e. The summed E-state index contributed by atoms with van der Waals surface area (Å²) >= 11 is 4.38. The Morgan fingerprint density at radius 3 is 1.44 bits per heavy atom. The van der Waals surface area contributed by atoms with Crippen LogP contribution < -0.4 is 47.2 Å². The first-order chi connectivity index (χ1) is 48.4. The SMILES string of the molecule is C.CC(C)(CO)Nc1cc(I)cc(N2CCOCC2)n1.CC(C)(N)CO.CC[C@@H]1CCN(C(=O)Nc2ccc(C)c(-c3cc(NC(C)(C)CO)nc(N4CCOCC4)c3)c2)C1.Cc1ccc(NC(=O)N2CC[C@@H](CC(F)(F)F)C2)cc1B1OC(C)(C)C(C)(C)O1.Fc1cc(I)cc(N2CCOCC2)n1.S. The van der Waals surface area contributed by atoms with Crippen molar-refractivity contribution in [2.24, 2.45) is 17.6 Å². The Bertz CT molecular complexity index is 3530. The van der Waals surface area contributed by atoms with Gasteiger partial charge in [-0.1, -0.05) is 38.5 Å². The predicted octanol–water partition coefficient (Wildman–Crippen LogP) is 12.3. The molecule has 9 heterocycles. The molecule has 6 aliphatic rings. The zero-order valence-corrected chi connectivity index (χ0v) is 67.9. The average molecular weight is 1720 g/mol. The second kappa shape index (κ2) is 40.4. The average Bonchev–Trinajstić information content (AvgIpc) is 1.65. The van der Waals surface area contributed by atoms with Crippen molar-refractivity contribution in [1.82, 2.24) is 24.8 Å². The minimum absolute atomic E-state index is 0. The molecule has 2 atom stereocenters. The first kappa shape index (κ1) is 90.3. The van der Waals surface area contributed by atoms with Crippen molar-refractivity contribution in [2.75, 3.05) is 161 Å². The van der Waals surface area contributed by atoms with Gasteiger partial charge in [0.1, 0.15) is 29.1 Å². The van der Waals surface area contributed by atoms with Crippen LogP contribution in [0.3, 0.4) is 0 Å². The molecule has 23 nitrogen and oxygen atoms in total. The molecule has 4 amide bonds. The largest absolute Gasteiger partial charge is 0.495 e. The molecule has 31 heteroatoms. The lowest BCUT2D eigenvalue weighted by atomic mass is 9.76. The number of nitrogens with two attached hydrogens (primary N) is 1. The Hall–Kier alpha value is -5.34. The third-order valence-electron chi connectivity index (χ3n) is 18.6. The van der Waals surface area contributed by atoms with Gasteiger partial charge in [0.25, 0.3) is 0 Å². The van der Waals surface area contributed by atoms with E-state index in [1.165, 1.54) is 11.0 Å². The number of benzene rings is 2. The molecule has 6 saturated heterocycles. The van der Waals surface area contributed by atoms with Crippen LogP contribution in [-0.2, 0) is 23.5 Å². The van der Waals surface area contributed by atoms with Crippen molar-refractivity contribution < 1.29 is 66.0 Å². The summed E-state index contributed by atoms with van der Waals surface area (Å²) in [6.07, 6.45) is -2.51. The van der Waals surface area contributed by atoms with Crippen LogP contribution in [0.15, 0.2) is 72.8 Å². The standard InChI is InChI=1S/C27H39N5O3.C20H28BF3N2O3.C13H20IN3O2.C9H10FIN2O.C4H11NO.CH4.H2S/c1-5-20-8-9-32(17-20)26(34)28-22-7-6-19(2)23(16-22)21-14-24(30-27(3,4)18-33)29-25(15-21)31-10-12-35-13-11-31;1-13-6-7-15(10-16(13)21-28-18(2,3)19(4,5)29-21)25-17(27)26-9-8-14(12-26)11-20(22,23)24;1-13(2,9-18)16-11-7-10(14)8-12(15-11)17-3-5-19-6-4-17;10-8-5-7(11)6-9(12-8)13-1-3-14-4-2-13;1-4(2,5)3-6;;/h6-7,14-16,20,33H,5,8-13,17-18H2,1-4H3,(H,28,34)(H,29,30);6-7,10,14H,8-9,11-12H2,1-5H3,(H,25,27);7-8,18H,3-6,9H2,1-2H3,(H,15,16);5-6H,1-4H2;6H,3,5H2,1-2H3;1H4;1H2/t20-;14-;;;;;/m10...../s1. The molecule has 6 fully saturated rings. The summed E-state index contributed by atoms with van der Waals surface area (Å²) in [6.45, 7) is 36.7. The van der Waals surface area contributed by atoms with Crippen LogP contribution in [0.25, 0.3) is 11.1 Å². The number of aryl methyl sites for hydroxylation is 2. The Kier molecular flexibility index (Phi) is 34.7. The molecule has 0 saturated carbocycles. The third kappa shape index (κ3) is 28.6. The number of ether oxygens (including phenoxy) is 3. The van der Waals surface area contributed by atoms with E-state index in [4.69, 9.17) is 39.3 Å². The highest BCUT2D eigenvalue weighted by molar-refractivity contribution is 14.1. The molecule has 0 spiro atoms. The summed E-state index contributed by atoms with van der Waals surface area (Å²) in [5, 5.41) is 39.9. The normalized spacial score (nSPS) is 18.7. The maximum Gasteiger partial charge on any atom is 0.495 e. The van der Waals surface area contributed by atoms with Gasteiger partial charge in [0.15, 0.2) is 0 Å². The third-order valence-corrected chi connectivity index (χ3v) is 19.8. The molecule has 9 N–H and O–H groups in total. The Balaban J connectivity index is 0.000000254. The number of carbonyl (C=O) groups is 2. The fraction of sp³-hybridized carbons (Fsp3) is 0.608. The van der Waals surface area contributed by atoms with Crippen LogP contribution in [0.5, 0.6) is 0 Å². The lowest BCUT2D eigenvalue weighted by Crippen LogP contribution is -2.41. The topological polar surface area (TPSA) is 270 Å². The number of carbonyl (C=O) groups excluding carboxylic acids is 2. The highest BCUT2D eigenvalue weighted by Crippen LogP contribution is 2.38. The number of aliphatic hydroxyl groups is 3. The van der Waals surface area contributed by atoms with Crippen LogP contribution in [0.2, 0.25) is 0 Å². The van der Waals surface area contributed by atoms with Crippen molar-refractivity contribution in [3.8, 4) is 11.1 Å². The summed E-state index contributed by atoms with van der Waals surface area (Å²) in [4.78, 5) is 48.6. The van der Waals surface area contributed by atoms with Gasteiger partial charge in [0.05, 0.1) is 81.7 Å². The lowest BCUT2D eigenvalue weighted by Gasteiger charge is -2.32. The second-order valence-electron chi connectivity index (χ2n) is 29.9. The number of rotatable bonds is 16. The summed E-state index contributed by atoms with van der Waals surface area (Å²) in [7, 11) is -0.556. The first-order valence-electron chi connectivity index (χ1n) is 35.3. The molecule has 0 radical (unpaired) electrons. The maximum atomic E-state index is 13.0. The highest BCUT2D eigenvalue weighted by Gasteiger charge is 2.52. The van der Waals surface area contributed by atoms with Crippen molar-refractivity contribution in [1.29, 1.82) is 0 Å². The summed E-state index contributed by atoms with van der Waals surface area (Å²) < 4.78 is 81.1. The first-order valence-corrected chi connectivity index (χ1v) is 37.5. The van der Waals surface area contributed by atoms with E-state index in [1.54, 1.807) is 26.0 Å². The van der Waals surface area contributed by atoms with E-state index in [2.05, 4.69) is 112 Å². The molecular weight excluding hydrogens is 1600 g/mol. The van der Waals surface area contributed by atoms with Crippen LogP contribution in [0, 0.1) is 38.8 Å². The molecule has 0 unspecified atom stereocenters. The van der Waals surface area contributed by atoms with Crippen LogP contribution in [0.4, 0.5) is 67.6 Å². The van der Waals surface area contributed by atoms with Crippen LogP contribution >= 0.6 is 58.7 Å². The number of alkyl halides is 3. The minimum atomic E-state index is -4.20. The monoisotopic (exact) mass is 1720 g/mol. The van der Waals surface area contributed by atoms with E-state index < -0.39 is 59.9 Å². The number of anilines is 7. The molecule has 2 aromatic carbocycles. The number of aromatic nitrogens is 3. The van der Waals surface area contributed by atoms with Gasteiger partial charge in [-0.05, 0) is 230 Å². The van der Waals surface area contributed by atoms with E-state index >= 15 is 0 Å². The Labute approximate surface area is 653 Å². The number of urea groups is 2. The van der Waals surface area contributed by atoms with E-state index in [9.17, 15) is 37.4 Å². The molecule has 3 aromatic heterocycles. The summed E-state index contributed by atoms with van der Waals surface area (Å²) in [5.74, 6) is 3.69. The van der Waals surface area contributed by atoms with Gasteiger partial charge < -0.3 is 90.3 Å². The van der Waals surface area contributed by atoms with Crippen LogP contribution in [-0.4, -0.2) is 218 Å². The van der Waals surface area contributed by atoms with E-state index in [-0.39, 0.29) is 58.9 Å². The molecule has 6 aliphatic heterocycles. The van der Waals surface area contributed by atoms with Gasteiger partial charge >= 0.3 is 25.4 Å². The molecular formula is C74H114BF4I2N13O10S. The predicted molar refractivity (Wildman–Crippen MR) is 435 cm³/mol. The van der Waals surface area contributed by atoms with Gasteiger partial charge in [-0.2, -0.15) is 31.1 Å². The van der Waals surface area contributed by atoms with Crippen molar-refractivity contribution in [3.63, 3.8) is 0 Å². The smallest absolute Gasteiger partial charge is 0.399 e. The van der Waals surface area contributed by atoms with Gasteiger partial charge in [-0.3, -0.25) is 0 Å². The van der Waals surface area contributed by atoms with Crippen LogP contribution in [0.1, 0.15) is 120 Å². The number of pyridine rings is 3. The maximum absolute atomic E-state index is 13.0. The Morgan fingerprint density at radius 2 is 1.01 bits per heavy atom. The van der Waals surface area contributed by atoms with Gasteiger partial charge in [0.2, 0.25) is 5.95 Å². The molecule has 0 aliphatic carbocycles. The molecule has 105 heavy (non-hydrogen) atoms. The van der Waals surface area contributed by atoms with Gasteiger partial charge in [-0.25, -0.2) is 24.5 Å². The van der Waals surface area contributed by atoms with E-state index in [0.29, 0.717) is 62.6 Å². The quantitative estimate of drug-likeness (QED) is 0.0197. The highest BCUT2D eigenvalue weighted by atomic mass is 127. The van der Waals surface area contributed by atoms with E-state index in [0.717, 1.165) is 136 Å². The number of morpholine rings is 3. The molecule has 586 valence electrons. The van der Waals surface area contributed by atoms with Crippen molar-refractivity contribution >= 4 is 124 Å². The fourth-order valence-electron chi connectivity index (χ4n) is 11.6. The van der Waals surface area contributed by atoms with Crippen molar-refractivity contribution in [3.05, 3.63) is 97.0 Å². The number of likely N-dealkylation sites (tertiary alicyclic amines) is 2. The molecule has 5 aromatic rings. The number of halogens is 6. The zero-order valence-electron chi connectivity index (χ0n) is 62.5. The zero-order chi connectivity index (χ0) is 75.7. The number of nitrogens with one attached hydrogen (secondary N) is 4. The van der Waals surface area contributed by atoms with Crippen molar-refractivity contribution in [2.45, 2.75) is 157 Å². The number of nitrogens with zero attached hydrogens (tertiary/aromatic N) is 8. The molecule has 11 rings (SSSR count). The lowest BCUT2D eigenvalue weighted by molar-refractivity contribution is -0.143. The second-order valence-corrected chi connectivity index (χ2v) is 32.3. The summed E-state index contributed by atoms with van der Waals surface area (Å²) in [6, 6.07) is 22.5. The number of aliphatic hydroxyl groups excluding tert-OH is 3. The molecule has 0 bridgehead atoms. The van der Waals surface area contributed by atoms with Gasteiger partial charge in [-0.15, -0.1) is 0 Å².